The molecule has 0 rings (SSSR count). The number of esters is 2. The maximum absolute atomic E-state index is 12.6. The molecule has 0 spiro atoms. The summed E-state index contributed by atoms with van der Waals surface area (Å²) in [7, 11) is -4.40. The third kappa shape index (κ3) is 42.6. The Labute approximate surface area is 347 Å². The predicted molar refractivity (Wildman–Crippen MR) is 238 cm³/mol. The molecule has 9 nitrogen and oxygen atoms in total. The topological polar surface area (TPSA) is 134 Å². The third-order valence-electron chi connectivity index (χ3n) is 8.75. The fourth-order valence-corrected chi connectivity index (χ4v) is 6.22. The molecule has 0 radical (unpaired) electrons. The van der Waals surface area contributed by atoms with Crippen LogP contribution in [0, 0.1) is 0 Å². The number of allylic oxidation sites excluding steroid dienone is 14. The van der Waals surface area contributed by atoms with Gasteiger partial charge in [-0.3, -0.25) is 18.6 Å². The maximum Gasteiger partial charge on any atom is 0.472 e. The molecule has 326 valence electrons. The molecule has 2 atom stereocenters. The van der Waals surface area contributed by atoms with Gasteiger partial charge in [-0.1, -0.05) is 150 Å². The van der Waals surface area contributed by atoms with Crippen LogP contribution in [0.15, 0.2) is 85.1 Å². The van der Waals surface area contributed by atoms with Crippen LogP contribution in [-0.4, -0.2) is 49.3 Å². The molecule has 0 fully saturated rings. The first-order valence-corrected chi connectivity index (χ1v) is 23.6. The SMILES string of the molecule is CCCCC/C=C\C/C=C\C/C=C\C/C=C\CCCCCC(=O)OC[C@H](COP(=O)(O)OCCN)OC(=O)CCC/C=C\C/C=C\C/C=C\CCCCCCCC. The molecule has 0 heterocycles. The van der Waals surface area contributed by atoms with Gasteiger partial charge < -0.3 is 20.1 Å². The van der Waals surface area contributed by atoms with Gasteiger partial charge in [0.2, 0.25) is 0 Å². The monoisotopic (exact) mass is 818 g/mol. The molecule has 0 saturated carbocycles. The Kier molecular flexibility index (Phi) is 40.7. The quantitative estimate of drug-likeness (QED) is 0.0268. The van der Waals surface area contributed by atoms with Crippen LogP contribution >= 0.6 is 7.82 Å². The van der Waals surface area contributed by atoms with Crippen molar-refractivity contribution in [2.75, 3.05) is 26.4 Å². The highest BCUT2D eigenvalue weighted by Crippen LogP contribution is 2.43. The standard InChI is InChI=1S/C47H80NO8P/c1-3-5-7-9-11-13-15-17-19-21-22-24-25-27-29-31-33-35-37-39-46(49)53-43-45(44-55-57(51,52)54-42-41-48)56-47(50)40-38-36-34-32-30-28-26-23-20-18-16-14-12-10-8-6-4-2/h11,13,17-20,22,24,26-29,32,34,45H,3-10,12,14-16,21,23,25,30-31,33,35-44,48H2,1-2H3,(H,51,52)/b13-11-,19-17-,20-18-,24-22-,28-26-,29-27-,34-32-/t45-/m1/s1. The van der Waals surface area contributed by atoms with Gasteiger partial charge in [0.25, 0.3) is 0 Å². The van der Waals surface area contributed by atoms with Crippen LogP contribution in [0.5, 0.6) is 0 Å². The highest BCUT2D eigenvalue weighted by Gasteiger charge is 2.25. The average Bonchev–Trinajstić information content (AvgIpc) is 3.20. The van der Waals surface area contributed by atoms with Gasteiger partial charge in [-0.15, -0.1) is 0 Å². The van der Waals surface area contributed by atoms with Crippen LogP contribution in [0.1, 0.15) is 168 Å². The first-order valence-electron chi connectivity index (χ1n) is 22.1. The highest BCUT2D eigenvalue weighted by molar-refractivity contribution is 7.47. The van der Waals surface area contributed by atoms with Gasteiger partial charge in [0, 0.05) is 19.4 Å². The van der Waals surface area contributed by atoms with E-state index in [0.29, 0.717) is 19.3 Å². The Morgan fingerprint density at radius 1 is 0.526 bits per heavy atom. The van der Waals surface area contributed by atoms with Crippen LogP contribution in [0.2, 0.25) is 0 Å². The van der Waals surface area contributed by atoms with Crippen molar-refractivity contribution in [3.05, 3.63) is 85.1 Å². The molecule has 0 bridgehead atoms. The first kappa shape index (κ1) is 54.2. The summed E-state index contributed by atoms with van der Waals surface area (Å²) in [6, 6.07) is 0. The van der Waals surface area contributed by atoms with Crippen LogP contribution in [-0.2, 0) is 32.7 Å². The number of carbonyl (C=O) groups excluding carboxylic acids is 2. The van der Waals surface area contributed by atoms with E-state index in [4.69, 9.17) is 24.3 Å². The van der Waals surface area contributed by atoms with Crippen molar-refractivity contribution < 1.29 is 37.6 Å². The fraction of sp³-hybridized carbons (Fsp3) is 0.660. The number of carbonyl (C=O) groups is 2. The summed E-state index contributed by atoms with van der Waals surface area (Å²) < 4.78 is 32.7. The predicted octanol–water partition coefficient (Wildman–Crippen LogP) is 12.8. The molecule has 10 heteroatoms. The van der Waals surface area contributed by atoms with Crippen LogP contribution < -0.4 is 5.73 Å². The Balaban J connectivity index is 4.31. The molecule has 0 saturated heterocycles. The second-order valence-electron chi connectivity index (χ2n) is 14.2. The van der Waals surface area contributed by atoms with Gasteiger partial charge in [0.05, 0.1) is 13.2 Å². The fourth-order valence-electron chi connectivity index (χ4n) is 5.46. The third-order valence-corrected chi connectivity index (χ3v) is 9.74. The minimum Gasteiger partial charge on any atom is -0.462 e. The zero-order chi connectivity index (χ0) is 41.8. The minimum absolute atomic E-state index is 0.0366. The Morgan fingerprint density at radius 2 is 0.930 bits per heavy atom. The van der Waals surface area contributed by atoms with E-state index in [2.05, 4.69) is 92.8 Å². The number of phosphoric ester groups is 1. The van der Waals surface area contributed by atoms with Crippen molar-refractivity contribution in [1.29, 1.82) is 0 Å². The van der Waals surface area contributed by atoms with Gasteiger partial charge in [-0.25, -0.2) is 4.57 Å². The van der Waals surface area contributed by atoms with Gasteiger partial charge in [-0.05, 0) is 89.9 Å². The van der Waals surface area contributed by atoms with E-state index in [9.17, 15) is 19.0 Å². The van der Waals surface area contributed by atoms with Crippen LogP contribution in [0.3, 0.4) is 0 Å². The lowest BCUT2D eigenvalue weighted by Gasteiger charge is -2.19. The summed E-state index contributed by atoms with van der Waals surface area (Å²) in [6.45, 7) is 3.58. The number of nitrogens with two attached hydrogens (primary N) is 1. The number of unbranched alkanes of at least 4 members (excludes halogenated alkanes) is 13. The molecule has 0 aliphatic carbocycles. The van der Waals surface area contributed by atoms with Crippen molar-refractivity contribution in [1.82, 2.24) is 0 Å². The Hall–Kier alpha value is -2.81. The zero-order valence-corrected chi connectivity index (χ0v) is 36.7. The highest BCUT2D eigenvalue weighted by atomic mass is 31.2. The largest absolute Gasteiger partial charge is 0.472 e. The molecule has 3 N–H and O–H groups in total. The van der Waals surface area contributed by atoms with Crippen LogP contribution in [0.4, 0.5) is 0 Å². The molecule has 0 aliphatic heterocycles. The molecule has 0 aromatic rings. The molecule has 0 aromatic carbocycles. The Bertz CT molecular complexity index is 1210. The molecule has 57 heavy (non-hydrogen) atoms. The van der Waals surface area contributed by atoms with Crippen molar-refractivity contribution >= 4 is 19.8 Å². The summed E-state index contributed by atoms with van der Waals surface area (Å²) in [5.74, 6) is -0.933. The van der Waals surface area contributed by atoms with E-state index in [0.717, 1.165) is 57.8 Å². The second-order valence-corrected chi connectivity index (χ2v) is 15.7. The second kappa shape index (κ2) is 42.8. The first-order chi connectivity index (χ1) is 27.8. The van der Waals surface area contributed by atoms with Gasteiger partial charge in [0.1, 0.15) is 6.61 Å². The lowest BCUT2D eigenvalue weighted by Crippen LogP contribution is -2.29. The van der Waals surface area contributed by atoms with E-state index in [1.807, 2.05) is 6.08 Å². The number of hydrogen-bond donors (Lipinski definition) is 2. The smallest absolute Gasteiger partial charge is 0.462 e. The van der Waals surface area contributed by atoms with Crippen molar-refractivity contribution in [2.24, 2.45) is 5.73 Å². The maximum atomic E-state index is 12.6. The van der Waals surface area contributed by atoms with E-state index >= 15 is 0 Å². The van der Waals surface area contributed by atoms with Crippen molar-refractivity contribution in [3.63, 3.8) is 0 Å². The van der Waals surface area contributed by atoms with E-state index in [-0.39, 0.29) is 32.6 Å². The minimum atomic E-state index is -4.40. The number of hydrogen-bond acceptors (Lipinski definition) is 8. The zero-order valence-electron chi connectivity index (χ0n) is 35.8. The van der Waals surface area contributed by atoms with E-state index < -0.39 is 32.5 Å². The number of ether oxygens (including phenoxy) is 2. The Morgan fingerprint density at radius 3 is 1.44 bits per heavy atom. The normalized spacial score (nSPS) is 14.1. The van der Waals surface area contributed by atoms with Crippen molar-refractivity contribution in [3.8, 4) is 0 Å². The number of phosphoric acid groups is 1. The van der Waals surface area contributed by atoms with Gasteiger partial charge in [-0.2, -0.15) is 0 Å². The molecule has 1 unspecified atom stereocenters. The van der Waals surface area contributed by atoms with Gasteiger partial charge in [0.15, 0.2) is 6.10 Å². The molecule has 0 aromatic heterocycles. The molecular weight excluding hydrogens is 737 g/mol. The summed E-state index contributed by atoms with van der Waals surface area (Å²) in [6.07, 6.45) is 53.3. The summed E-state index contributed by atoms with van der Waals surface area (Å²) in [5, 5.41) is 0. The average molecular weight is 818 g/mol. The summed E-state index contributed by atoms with van der Waals surface area (Å²) in [4.78, 5) is 34.9. The van der Waals surface area contributed by atoms with E-state index in [1.165, 1.54) is 64.2 Å². The molecule has 0 aliphatic rings. The molecule has 0 amide bonds. The summed E-state index contributed by atoms with van der Waals surface area (Å²) in [5.41, 5.74) is 5.34. The van der Waals surface area contributed by atoms with Gasteiger partial charge >= 0.3 is 19.8 Å². The molecular formula is C47H80NO8P. The number of rotatable bonds is 40. The lowest BCUT2D eigenvalue weighted by atomic mass is 10.1. The summed E-state index contributed by atoms with van der Waals surface area (Å²) >= 11 is 0. The lowest BCUT2D eigenvalue weighted by molar-refractivity contribution is -0.161. The van der Waals surface area contributed by atoms with E-state index in [1.54, 1.807) is 0 Å². The van der Waals surface area contributed by atoms with Crippen molar-refractivity contribution in [2.45, 2.75) is 174 Å². The van der Waals surface area contributed by atoms with Crippen LogP contribution in [0.25, 0.3) is 0 Å².